The minimum atomic E-state index is -4.52. The van der Waals surface area contributed by atoms with Crippen LogP contribution in [0.1, 0.15) is 15.9 Å². The molecule has 1 N–H and O–H groups in total. The van der Waals surface area contributed by atoms with Crippen molar-refractivity contribution in [1.82, 2.24) is 5.32 Å². The lowest BCUT2D eigenvalue weighted by molar-refractivity contribution is -0.135. The number of halogens is 3. The Hall–Kier alpha value is -1.85. The molecule has 0 aliphatic rings. The lowest BCUT2D eigenvalue weighted by atomic mass is 10.1. The van der Waals surface area contributed by atoms with Gasteiger partial charge in [-0.3, -0.25) is 9.59 Å². The smallest absolute Gasteiger partial charge is 0.340 e. The van der Waals surface area contributed by atoms with E-state index in [-0.39, 0.29) is 5.56 Å². The van der Waals surface area contributed by atoms with E-state index in [0.29, 0.717) is 0 Å². The molecule has 0 aliphatic carbocycles. The third-order valence-corrected chi connectivity index (χ3v) is 1.97. The molecular formula is C11H10F3NO2. The second-order valence-electron chi connectivity index (χ2n) is 3.49. The van der Waals surface area contributed by atoms with E-state index in [0.717, 1.165) is 5.56 Å². The number of hydrogen-bond donors (Lipinski definition) is 1. The van der Waals surface area contributed by atoms with Crippen molar-refractivity contribution < 1.29 is 22.8 Å². The minimum absolute atomic E-state index is 0.0651. The van der Waals surface area contributed by atoms with E-state index in [1.807, 2.05) is 0 Å². The first kappa shape index (κ1) is 13.2. The molecule has 1 aromatic rings. The summed E-state index contributed by atoms with van der Waals surface area (Å²) in [6.45, 7) is 0.279. The zero-order valence-corrected chi connectivity index (χ0v) is 8.97. The molecular weight excluding hydrogens is 235 g/mol. The first-order valence-corrected chi connectivity index (χ1v) is 4.75. The van der Waals surface area contributed by atoms with E-state index < -0.39 is 24.4 Å². The fourth-order valence-electron chi connectivity index (χ4n) is 1.10. The molecule has 0 spiro atoms. The van der Waals surface area contributed by atoms with Crippen molar-refractivity contribution in [3.8, 4) is 0 Å². The van der Waals surface area contributed by atoms with Crippen molar-refractivity contribution in [2.24, 2.45) is 0 Å². The van der Waals surface area contributed by atoms with Crippen LogP contribution in [0.2, 0.25) is 0 Å². The Kier molecular flexibility index (Phi) is 3.88. The van der Waals surface area contributed by atoms with Gasteiger partial charge in [0, 0.05) is 5.56 Å². The van der Waals surface area contributed by atoms with Crippen molar-refractivity contribution in [2.45, 2.75) is 13.1 Å². The van der Waals surface area contributed by atoms with Gasteiger partial charge in [0.25, 0.3) is 5.91 Å². The number of ketones is 1. The van der Waals surface area contributed by atoms with Crippen LogP contribution in [0.3, 0.4) is 0 Å². The molecule has 92 valence electrons. The predicted molar refractivity (Wildman–Crippen MR) is 54.6 cm³/mol. The molecule has 0 aliphatic heterocycles. The summed E-state index contributed by atoms with van der Waals surface area (Å²) in [5.74, 6) is -2.24. The molecule has 1 aromatic carbocycles. The van der Waals surface area contributed by atoms with Gasteiger partial charge in [-0.2, -0.15) is 13.2 Å². The Morgan fingerprint density at radius 3 is 2.18 bits per heavy atom. The monoisotopic (exact) mass is 245 g/mol. The van der Waals surface area contributed by atoms with Gasteiger partial charge in [0.05, 0.1) is 0 Å². The van der Waals surface area contributed by atoms with Gasteiger partial charge < -0.3 is 5.32 Å². The first-order valence-electron chi connectivity index (χ1n) is 4.75. The molecule has 1 amide bonds. The quantitative estimate of drug-likeness (QED) is 0.652. The van der Waals surface area contributed by atoms with Crippen molar-refractivity contribution >= 4 is 11.7 Å². The number of rotatable bonds is 3. The maximum Gasteiger partial charge on any atom is 0.405 e. The third kappa shape index (κ3) is 4.26. The molecule has 0 saturated heterocycles. The minimum Gasteiger partial charge on any atom is -0.340 e. The standard InChI is InChI=1S/C11H10F3NO2/c1-7-2-4-8(5-3-7)9(16)10(17)15-6-11(12,13)14/h2-5H,6H2,1H3,(H,15,17). The lowest BCUT2D eigenvalue weighted by Crippen LogP contribution is -2.38. The normalized spacial score (nSPS) is 11.1. The molecule has 0 unspecified atom stereocenters. The summed E-state index contributed by atoms with van der Waals surface area (Å²) in [5, 5.41) is 1.52. The number of alkyl halides is 3. The molecule has 3 nitrogen and oxygen atoms in total. The van der Waals surface area contributed by atoms with Crippen molar-refractivity contribution in [3.63, 3.8) is 0 Å². The van der Waals surface area contributed by atoms with Crippen LogP contribution in [0, 0.1) is 6.92 Å². The third-order valence-electron chi connectivity index (χ3n) is 1.97. The molecule has 0 bridgehead atoms. The number of nitrogens with one attached hydrogen (secondary N) is 1. The molecule has 0 radical (unpaired) electrons. The topological polar surface area (TPSA) is 46.2 Å². The van der Waals surface area contributed by atoms with Gasteiger partial charge in [-0.15, -0.1) is 0 Å². The zero-order chi connectivity index (χ0) is 13.1. The Morgan fingerprint density at radius 1 is 1.18 bits per heavy atom. The molecule has 0 fully saturated rings. The molecule has 1 rings (SSSR count). The van der Waals surface area contributed by atoms with E-state index in [1.54, 1.807) is 19.1 Å². The van der Waals surface area contributed by atoms with Gasteiger partial charge in [-0.05, 0) is 6.92 Å². The fraction of sp³-hybridized carbons (Fsp3) is 0.273. The second kappa shape index (κ2) is 4.99. The Morgan fingerprint density at radius 2 is 1.71 bits per heavy atom. The van der Waals surface area contributed by atoms with Gasteiger partial charge in [0.1, 0.15) is 6.54 Å². The Balaban J connectivity index is 2.64. The van der Waals surface area contributed by atoms with Gasteiger partial charge in [0.15, 0.2) is 0 Å². The SMILES string of the molecule is Cc1ccc(C(=O)C(=O)NCC(F)(F)F)cc1. The second-order valence-corrected chi connectivity index (χ2v) is 3.49. The summed E-state index contributed by atoms with van der Waals surface area (Å²) in [7, 11) is 0. The highest BCUT2D eigenvalue weighted by Crippen LogP contribution is 2.12. The molecule has 0 aromatic heterocycles. The highest BCUT2D eigenvalue weighted by Gasteiger charge is 2.29. The maximum absolute atomic E-state index is 11.8. The lowest BCUT2D eigenvalue weighted by Gasteiger charge is -2.07. The van der Waals surface area contributed by atoms with E-state index in [1.165, 1.54) is 17.4 Å². The number of carbonyl (C=O) groups is 2. The number of amides is 1. The predicted octanol–water partition coefficient (Wildman–Crippen LogP) is 1.86. The zero-order valence-electron chi connectivity index (χ0n) is 8.97. The highest BCUT2D eigenvalue weighted by molar-refractivity contribution is 6.42. The number of benzene rings is 1. The van der Waals surface area contributed by atoms with Gasteiger partial charge in [-0.1, -0.05) is 29.8 Å². The van der Waals surface area contributed by atoms with Gasteiger partial charge in [-0.25, -0.2) is 0 Å². The Bertz CT molecular complexity index is 423. The van der Waals surface area contributed by atoms with Crippen molar-refractivity contribution in [1.29, 1.82) is 0 Å². The highest BCUT2D eigenvalue weighted by atomic mass is 19.4. The Labute approximate surface area is 95.6 Å². The number of hydrogen-bond acceptors (Lipinski definition) is 2. The summed E-state index contributed by atoms with van der Waals surface area (Å²) >= 11 is 0. The summed E-state index contributed by atoms with van der Waals surface area (Å²) in [6, 6.07) is 5.99. The average molecular weight is 245 g/mol. The average Bonchev–Trinajstić information content (AvgIpc) is 2.25. The molecule has 0 heterocycles. The number of carbonyl (C=O) groups excluding carboxylic acids is 2. The van der Waals surface area contributed by atoms with E-state index in [2.05, 4.69) is 0 Å². The summed E-state index contributed by atoms with van der Waals surface area (Å²) in [5.41, 5.74) is 0.951. The number of Topliss-reactive ketones (excluding diaryl/α,β-unsaturated/α-hetero) is 1. The van der Waals surface area contributed by atoms with Crippen LogP contribution in [0.25, 0.3) is 0 Å². The van der Waals surface area contributed by atoms with E-state index >= 15 is 0 Å². The molecule has 6 heteroatoms. The molecule has 0 saturated carbocycles. The van der Waals surface area contributed by atoms with Crippen LogP contribution < -0.4 is 5.32 Å². The van der Waals surface area contributed by atoms with Crippen LogP contribution in [-0.4, -0.2) is 24.4 Å². The van der Waals surface area contributed by atoms with Crippen LogP contribution in [0.4, 0.5) is 13.2 Å². The van der Waals surface area contributed by atoms with Gasteiger partial charge in [0.2, 0.25) is 5.78 Å². The summed E-state index contributed by atoms with van der Waals surface area (Å²) in [4.78, 5) is 22.5. The summed E-state index contributed by atoms with van der Waals surface area (Å²) < 4.78 is 35.4. The van der Waals surface area contributed by atoms with E-state index in [9.17, 15) is 22.8 Å². The fourth-order valence-corrected chi connectivity index (χ4v) is 1.10. The van der Waals surface area contributed by atoms with Crippen LogP contribution in [-0.2, 0) is 4.79 Å². The summed E-state index contributed by atoms with van der Waals surface area (Å²) in [6.07, 6.45) is -4.52. The van der Waals surface area contributed by atoms with E-state index in [4.69, 9.17) is 0 Å². The van der Waals surface area contributed by atoms with Gasteiger partial charge >= 0.3 is 6.18 Å². The molecule has 17 heavy (non-hydrogen) atoms. The molecule has 0 atom stereocenters. The van der Waals surface area contributed by atoms with Crippen LogP contribution in [0.15, 0.2) is 24.3 Å². The first-order chi connectivity index (χ1) is 7.79. The van der Waals surface area contributed by atoms with Crippen molar-refractivity contribution in [3.05, 3.63) is 35.4 Å². The van der Waals surface area contributed by atoms with Crippen LogP contribution in [0.5, 0.6) is 0 Å². The number of aryl methyl sites for hydroxylation is 1. The largest absolute Gasteiger partial charge is 0.405 e. The van der Waals surface area contributed by atoms with Crippen molar-refractivity contribution in [2.75, 3.05) is 6.54 Å². The van der Waals surface area contributed by atoms with Crippen LogP contribution >= 0.6 is 0 Å². The maximum atomic E-state index is 11.8.